The van der Waals surface area contributed by atoms with Crippen LogP contribution in [0.2, 0.25) is 0 Å². The molecule has 1 aromatic carbocycles. The van der Waals surface area contributed by atoms with E-state index in [1.165, 1.54) is 0 Å². The number of imidazole rings is 1. The minimum absolute atomic E-state index is 0.0205. The predicted octanol–water partition coefficient (Wildman–Crippen LogP) is 1.77. The summed E-state index contributed by atoms with van der Waals surface area (Å²) in [4.78, 5) is 34.3. The largest absolute Gasteiger partial charge is 0.352 e. The van der Waals surface area contributed by atoms with Gasteiger partial charge in [-0.2, -0.15) is 0 Å². The Morgan fingerprint density at radius 2 is 2.08 bits per heavy atom. The number of fused-ring (bicyclic) bond motifs is 1. The highest BCUT2D eigenvalue weighted by molar-refractivity contribution is 5.88. The van der Waals surface area contributed by atoms with Gasteiger partial charge in [-0.1, -0.05) is 12.1 Å². The van der Waals surface area contributed by atoms with E-state index in [9.17, 15) is 9.59 Å². The fraction of sp³-hybridized carbons (Fsp3) is 0.500. The minimum atomic E-state index is -0.284. The Morgan fingerprint density at radius 1 is 1.25 bits per heavy atom. The van der Waals surface area contributed by atoms with Crippen LogP contribution in [0.15, 0.2) is 24.3 Å². The molecule has 126 valence electrons. The van der Waals surface area contributed by atoms with Gasteiger partial charge in [0.25, 0.3) is 0 Å². The number of para-hydroxylation sites is 2. The van der Waals surface area contributed by atoms with E-state index >= 15 is 0 Å². The van der Waals surface area contributed by atoms with Crippen LogP contribution in [0, 0.1) is 0 Å². The summed E-state index contributed by atoms with van der Waals surface area (Å²) in [6.07, 6.45) is 4.76. The lowest BCUT2D eigenvalue weighted by molar-refractivity contribution is -0.138. The normalized spacial score (nSPS) is 20.5. The SMILES string of the molecule is O=C(NC1CC1)[C@@H]1CCCN1C(=O)CCc1nc2ccccc2[nH]1. The number of nitrogens with one attached hydrogen (secondary N) is 2. The van der Waals surface area contributed by atoms with Crippen molar-refractivity contribution < 1.29 is 9.59 Å². The van der Waals surface area contributed by atoms with Crippen LogP contribution in [0.3, 0.4) is 0 Å². The summed E-state index contributed by atoms with van der Waals surface area (Å²) in [5.41, 5.74) is 1.91. The molecule has 2 aliphatic rings. The van der Waals surface area contributed by atoms with Crippen molar-refractivity contribution in [3.63, 3.8) is 0 Å². The molecule has 1 aliphatic heterocycles. The summed E-state index contributed by atoms with van der Waals surface area (Å²) < 4.78 is 0. The van der Waals surface area contributed by atoms with Crippen LogP contribution >= 0.6 is 0 Å². The maximum absolute atomic E-state index is 12.6. The molecule has 1 saturated carbocycles. The van der Waals surface area contributed by atoms with E-state index in [1.54, 1.807) is 4.90 Å². The second kappa shape index (κ2) is 6.26. The molecule has 1 atom stereocenters. The molecule has 2 amide bonds. The van der Waals surface area contributed by atoms with Crippen molar-refractivity contribution in [2.24, 2.45) is 0 Å². The summed E-state index contributed by atoms with van der Waals surface area (Å²) >= 11 is 0. The molecule has 1 saturated heterocycles. The first-order valence-electron chi connectivity index (χ1n) is 8.74. The maximum Gasteiger partial charge on any atom is 0.243 e. The molecule has 24 heavy (non-hydrogen) atoms. The number of aromatic nitrogens is 2. The van der Waals surface area contributed by atoms with Crippen molar-refractivity contribution in [1.29, 1.82) is 0 Å². The third-order valence-corrected chi connectivity index (χ3v) is 4.81. The number of aryl methyl sites for hydroxylation is 1. The van der Waals surface area contributed by atoms with E-state index in [0.717, 1.165) is 42.5 Å². The number of H-pyrrole nitrogens is 1. The van der Waals surface area contributed by atoms with Gasteiger partial charge in [-0.3, -0.25) is 9.59 Å². The Balaban J connectivity index is 1.36. The van der Waals surface area contributed by atoms with E-state index in [0.29, 0.717) is 25.4 Å². The molecule has 2 aromatic rings. The Morgan fingerprint density at radius 3 is 2.88 bits per heavy atom. The third-order valence-electron chi connectivity index (χ3n) is 4.81. The Kier molecular flexibility index (Phi) is 3.96. The zero-order chi connectivity index (χ0) is 16.5. The molecule has 1 aliphatic carbocycles. The molecule has 2 N–H and O–H groups in total. The number of carbonyl (C=O) groups is 2. The number of aromatic amines is 1. The quantitative estimate of drug-likeness (QED) is 0.879. The average molecular weight is 326 g/mol. The smallest absolute Gasteiger partial charge is 0.243 e. The van der Waals surface area contributed by atoms with Gasteiger partial charge in [-0.15, -0.1) is 0 Å². The molecule has 1 aromatic heterocycles. The van der Waals surface area contributed by atoms with E-state index in [4.69, 9.17) is 0 Å². The fourth-order valence-corrected chi connectivity index (χ4v) is 3.36. The first-order valence-corrected chi connectivity index (χ1v) is 8.74. The van der Waals surface area contributed by atoms with E-state index < -0.39 is 0 Å². The molecular formula is C18H22N4O2. The van der Waals surface area contributed by atoms with Crippen molar-refractivity contribution in [1.82, 2.24) is 20.2 Å². The number of amides is 2. The number of benzene rings is 1. The van der Waals surface area contributed by atoms with Gasteiger partial charge in [0.2, 0.25) is 11.8 Å². The number of hydrogen-bond donors (Lipinski definition) is 2. The molecule has 2 heterocycles. The lowest BCUT2D eigenvalue weighted by Crippen LogP contribution is -2.46. The van der Waals surface area contributed by atoms with Crippen molar-refractivity contribution >= 4 is 22.8 Å². The summed E-state index contributed by atoms with van der Waals surface area (Å²) in [5, 5.41) is 3.02. The molecule has 2 fully saturated rings. The van der Waals surface area contributed by atoms with Crippen molar-refractivity contribution in [3.05, 3.63) is 30.1 Å². The van der Waals surface area contributed by atoms with Gasteiger partial charge in [0.05, 0.1) is 11.0 Å². The van der Waals surface area contributed by atoms with Gasteiger partial charge in [-0.25, -0.2) is 4.98 Å². The number of hydrogen-bond acceptors (Lipinski definition) is 3. The van der Waals surface area contributed by atoms with Crippen molar-refractivity contribution in [3.8, 4) is 0 Å². The summed E-state index contributed by atoms with van der Waals surface area (Å²) in [6, 6.07) is 7.90. The summed E-state index contributed by atoms with van der Waals surface area (Å²) in [5.74, 6) is 0.888. The van der Waals surface area contributed by atoms with Crippen LogP contribution in [-0.2, 0) is 16.0 Å². The van der Waals surface area contributed by atoms with Gasteiger partial charge in [0, 0.05) is 25.4 Å². The van der Waals surface area contributed by atoms with Gasteiger partial charge in [0.15, 0.2) is 0 Å². The first-order chi connectivity index (χ1) is 11.7. The highest BCUT2D eigenvalue weighted by Crippen LogP contribution is 2.23. The Hall–Kier alpha value is -2.37. The second-order valence-corrected chi connectivity index (χ2v) is 6.73. The summed E-state index contributed by atoms with van der Waals surface area (Å²) in [7, 11) is 0. The van der Waals surface area contributed by atoms with Crippen LogP contribution in [-0.4, -0.2) is 45.3 Å². The van der Waals surface area contributed by atoms with Crippen molar-refractivity contribution in [2.75, 3.05) is 6.54 Å². The lowest BCUT2D eigenvalue weighted by Gasteiger charge is -2.23. The van der Waals surface area contributed by atoms with Crippen LogP contribution < -0.4 is 5.32 Å². The molecule has 6 heteroatoms. The zero-order valence-corrected chi connectivity index (χ0v) is 13.6. The second-order valence-electron chi connectivity index (χ2n) is 6.73. The number of rotatable bonds is 5. The van der Waals surface area contributed by atoms with E-state index in [-0.39, 0.29) is 17.9 Å². The predicted molar refractivity (Wildman–Crippen MR) is 90.3 cm³/mol. The Bertz CT molecular complexity index is 732. The highest BCUT2D eigenvalue weighted by Gasteiger charge is 2.36. The molecule has 0 spiro atoms. The van der Waals surface area contributed by atoms with Gasteiger partial charge >= 0.3 is 0 Å². The molecule has 0 unspecified atom stereocenters. The molecule has 0 radical (unpaired) electrons. The summed E-state index contributed by atoms with van der Waals surface area (Å²) in [6.45, 7) is 0.682. The van der Waals surface area contributed by atoms with Crippen molar-refractivity contribution in [2.45, 2.75) is 50.6 Å². The van der Waals surface area contributed by atoms with Gasteiger partial charge < -0.3 is 15.2 Å². The fourth-order valence-electron chi connectivity index (χ4n) is 3.36. The van der Waals surface area contributed by atoms with Crippen LogP contribution in [0.5, 0.6) is 0 Å². The zero-order valence-electron chi connectivity index (χ0n) is 13.6. The maximum atomic E-state index is 12.6. The Labute approximate surface area is 140 Å². The van der Waals surface area contributed by atoms with Crippen LogP contribution in [0.4, 0.5) is 0 Å². The van der Waals surface area contributed by atoms with E-state index in [2.05, 4.69) is 15.3 Å². The standard InChI is InChI=1S/C18H22N4O2/c23-17(10-9-16-20-13-4-1-2-5-14(13)21-16)22-11-3-6-15(22)18(24)19-12-7-8-12/h1-2,4-5,12,15H,3,6-11H2,(H,19,24)(H,20,21)/t15-/m0/s1. The highest BCUT2D eigenvalue weighted by atomic mass is 16.2. The molecular weight excluding hydrogens is 304 g/mol. The van der Waals surface area contributed by atoms with Gasteiger partial charge in [0.1, 0.15) is 11.9 Å². The molecule has 0 bridgehead atoms. The number of likely N-dealkylation sites (tertiary alicyclic amines) is 1. The first kappa shape index (κ1) is 15.2. The van der Waals surface area contributed by atoms with Crippen LogP contribution in [0.1, 0.15) is 37.9 Å². The van der Waals surface area contributed by atoms with E-state index in [1.807, 2.05) is 24.3 Å². The minimum Gasteiger partial charge on any atom is -0.352 e. The molecule has 6 nitrogen and oxygen atoms in total. The lowest BCUT2D eigenvalue weighted by atomic mass is 10.2. The molecule has 4 rings (SSSR count). The number of carbonyl (C=O) groups excluding carboxylic acids is 2. The average Bonchev–Trinajstić information content (AvgIpc) is 3.12. The third kappa shape index (κ3) is 3.13. The monoisotopic (exact) mass is 326 g/mol. The van der Waals surface area contributed by atoms with Gasteiger partial charge in [-0.05, 0) is 37.8 Å². The number of nitrogens with zero attached hydrogens (tertiary/aromatic N) is 2. The topological polar surface area (TPSA) is 78.1 Å². The van der Waals surface area contributed by atoms with Crippen LogP contribution in [0.25, 0.3) is 11.0 Å².